The third kappa shape index (κ3) is 2.84. The zero-order chi connectivity index (χ0) is 16.6. The molecule has 0 unspecified atom stereocenters. The number of fused-ring (bicyclic) bond motifs is 1. The van der Waals surface area contributed by atoms with Crippen LogP contribution in [-0.2, 0) is 10.5 Å². The summed E-state index contributed by atoms with van der Waals surface area (Å²) in [5, 5.41) is 3.23. The van der Waals surface area contributed by atoms with Gasteiger partial charge in [-0.25, -0.2) is 4.39 Å². The molecular weight excluding hydrogens is 338 g/mol. The van der Waals surface area contributed by atoms with E-state index in [1.807, 2.05) is 0 Å². The second kappa shape index (κ2) is 5.95. The van der Waals surface area contributed by atoms with Gasteiger partial charge in [-0.2, -0.15) is 0 Å². The molecule has 1 aliphatic rings. The number of aromatic nitrogens is 1. The number of anilines is 1. The van der Waals surface area contributed by atoms with Crippen molar-refractivity contribution < 1.29 is 9.18 Å². The average molecular weight is 351 g/mol. The molecule has 1 N–H and O–H groups in total. The summed E-state index contributed by atoms with van der Waals surface area (Å²) in [5.74, 6) is -0.775. The number of nitrogens with one attached hydrogen (secondary N) is 1. The van der Waals surface area contributed by atoms with E-state index in [9.17, 15) is 4.79 Å². The van der Waals surface area contributed by atoms with E-state index in [0.29, 0.717) is 22.8 Å². The van der Waals surface area contributed by atoms with Crippen molar-refractivity contribution in [2.75, 3.05) is 5.32 Å². The Morgan fingerprint density at radius 2 is 2.13 bits per heavy atom. The molecule has 1 aromatic heterocycles. The van der Waals surface area contributed by atoms with Crippen molar-refractivity contribution in [3.05, 3.63) is 64.4 Å². The van der Waals surface area contributed by atoms with Crippen LogP contribution in [0.5, 0.6) is 0 Å². The molecule has 1 aromatic carbocycles. The first-order chi connectivity index (χ1) is 10.9. The smallest absolute Gasteiger partial charge is 0.266 e. The fraction of sp³-hybridized carbons (Fsp3) is 0.176. The third-order valence-corrected chi connectivity index (χ3v) is 4.43. The van der Waals surface area contributed by atoms with Crippen LogP contribution in [0.2, 0.25) is 10.0 Å². The van der Waals surface area contributed by atoms with Gasteiger partial charge in [0.25, 0.3) is 5.91 Å². The van der Waals surface area contributed by atoms with Crippen molar-refractivity contribution in [1.82, 2.24) is 4.98 Å². The molecule has 0 saturated carbocycles. The first-order valence-electron chi connectivity index (χ1n) is 7.01. The van der Waals surface area contributed by atoms with Crippen LogP contribution in [0.15, 0.2) is 43.1 Å². The van der Waals surface area contributed by atoms with Crippen LogP contribution in [0, 0.1) is 0 Å². The Balaban J connectivity index is 1.96. The normalized spacial score (nSPS) is 20.0. The average Bonchev–Trinajstić information content (AvgIpc) is 2.54. The molecule has 3 rings (SSSR count). The first-order valence-corrected chi connectivity index (χ1v) is 7.76. The Hall–Kier alpha value is -1.91. The summed E-state index contributed by atoms with van der Waals surface area (Å²) < 4.78 is 15.5. The lowest BCUT2D eigenvalue weighted by Gasteiger charge is -2.31. The summed E-state index contributed by atoms with van der Waals surface area (Å²) >= 11 is 11.9. The number of nitrogens with zero attached hydrogens (tertiary/aromatic N) is 1. The molecule has 0 spiro atoms. The van der Waals surface area contributed by atoms with Gasteiger partial charge in [0, 0.05) is 16.8 Å². The SMILES string of the molecule is C=C1CC[C@](F)(C(=O)Nc2ccc(Cl)cc2Cl)c2cccnc21. The summed E-state index contributed by atoms with van der Waals surface area (Å²) in [4.78, 5) is 16.7. The standard InChI is InChI=1S/C17H13Cl2FN2O/c1-10-6-7-17(20,12-3-2-8-21-15(10)12)16(23)22-14-5-4-11(18)9-13(14)19/h2-5,8-9H,1,6-7H2,(H,22,23)/t17-/m1/s1. The van der Waals surface area contributed by atoms with Crippen molar-refractivity contribution in [1.29, 1.82) is 0 Å². The van der Waals surface area contributed by atoms with Gasteiger partial charge in [-0.3, -0.25) is 9.78 Å². The van der Waals surface area contributed by atoms with Crippen LogP contribution >= 0.6 is 23.2 Å². The zero-order valence-corrected chi connectivity index (χ0v) is 13.6. The van der Waals surface area contributed by atoms with E-state index in [2.05, 4.69) is 16.9 Å². The van der Waals surface area contributed by atoms with E-state index in [1.54, 1.807) is 24.4 Å². The van der Waals surface area contributed by atoms with Crippen molar-refractivity contribution in [2.45, 2.75) is 18.5 Å². The molecule has 0 fully saturated rings. The molecule has 6 heteroatoms. The minimum Gasteiger partial charge on any atom is -0.322 e. The Labute approximate surface area is 143 Å². The van der Waals surface area contributed by atoms with E-state index in [-0.39, 0.29) is 17.0 Å². The highest BCUT2D eigenvalue weighted by Gasteiger charge is 2.45. The Morgan fingerprint density at radius 3 is 2.87 bits per heavy atom. The van der Waals surface area contributed by atoms with Gasteiger partial charge >= 0.3 is 0 Å². The van der Waals surface area contributed by atoms with Crippen molar-refractivity contribution >= 4 is 40.4 Å². The van der Waals surface area contributed by atoms with E-state index in [0.717, 1.165) is 5.57 Å². The van der Waals surface area contributed by atoms with Crippen molar-refractivity contribution in [3.63, 3.8) is 0 Å². The predicted molar refractivity (Wildman–Crippen MR) is 90.4 cm³/mol. The van der Waals surface area contributed by atoms with Crippen molar-refractivity contribution in [2.24, 2.45) is 0 Å². The summed E-state index contributed by atoms with van der Waals surface area (Å²) in [6, 6.07) is 7.77. The molecule has 3 nitrogen and oxygen atoms in total. The maximum atomic E-state index is 15.5. The van der Waals surface area contributed by atoms with Gasteiger partial charge < -0.3 is 5.32 Å². The maximum absolute atomic E-state index is 15.5. The fourth-order valence-corrected chi connectivity index (χ4v) is 3.09. The number of halogens is 3. The Morgan fingerprint density at radius 1 is 1.35 bits per heavy atom. The minimum atomic E-state index is -2.17. The highest BCUT2D eigenvalue weighted by Crippen LogP contribution is 2.43. The van der Waals surface area contributed by atoms with Gasteiger partial charge in [0.05, 0.1) is 16.4 Å². The summed E-state index contributed by atoms with van der Waals surface area (Å²) in [6.07, 6.45) is 1.94. The quantitative estimate of drug-likeness (QED) is 0.827. The highest BCUT2D eigenvalue weighted by atomic mass is 35.5. The van der Waals surface area contributed by atoms with E-state index < -0.39 is 11.6 Å². The predicted octanol–water partition coefficient (Wildman–Crippen LogP) is 5.00. The molecule has 118 valence electrons. The Kier molecular flexibility index (Phi) is 4.13. The summed E-state index contributed by atoms with van der Waals surface area (Å²) in [7, 11) is 0. The fourth-order valence-electron chi connectivity index (χ4n) is 2.63. The topological polar surface area (TPSA) is 42.0 Å². The number of benzene rings is 1. The number of carbonyl (C=O) groups is 1. The lowest BCUT2D eigenvalue weighted by Crippen LogP contribution is -2.39. The van der Waals surface area contributed by atoms with Gasteiger partial charge in [0.1, 0.15) is 0 Å². The van der Waals surface area contributed by atoms with Crippen LogP contribution in [0.4, 0.5) is 10.1 Å². The monoisotopic (exact) mass is 350 g/mol. The molecule has 1 aliphatic carbocycles. The highest BCUT2D eigenvalue weighted by molar-refractivity contribution is 6.36. The molecule has 23 heavy (non-hydrogen) atoms. The second-order valence-electron chi connectivity index (χ2n) is 5.38. The minimum absolute atomic E-state index is 0.0154. The van der Waals surface area contributed by atoms with Crippen molar-refractivity contribution in [3.8, 4) is 0 Å². The number of rotatable bonds is 2. The van der Waals surface area contributed by atoms with E-state index >= 15 is 4.39 Å². The second-order valence-corrected chi connectivity index (χ2v) is 6.23. The number of hydrogen-bond donors (Lipinski definition) is 1. The molecule has 0 aliphatic heterocycles. The summed E-state index contributed by atoms with van der Waals surface area (Å²) in [6.45, 7) is 3.89. The maximum Gasteiger partial charge on any atom is 0.266 e. The largest absolute Gasteiger partial charge is 0.322 e. The van der Waals surface area contributed by atoms with Gasteiger partial charge in [-0.15, -0.1) is 0 Å². The molecular formula is C17H13Cl2FN2O. The summed E-state index contributed by atoms with van der Waals surface area (Å²) in [5.41, 5.74) is -0.454. The number of allylic oxidation sites excluding steroid dienone is 1. The number of amides is 1. The molecule has 2 aromatic rings. The van der Waals surface area contributed by atoms with Gasteiger partial charge in [-0.05, 0) is 42.7 Å². The van der Waals surface area contributed by atoms with Gasteiger partial charge in [0.15, 0.2) is 0 Å². The lowest BCUT2D eigenvalue weighted by atomic mass is 9.80. The van der Waals surface area contributed by atoms with Crippen LogP contribution in [0.3, 0.4) is 0 Å². The number of pyridine rings is 1. The third-order valence-electron chi connectivity index (χ3n) is 3.88. The molecule has 0 radical (unpaired) electrons. The zero-order valence-electron chi connectivity index (χ0n) is 12.1. The van der Waals surface area contributed by atoms with Crippen LogP contribution in [0.25, 0.3) is 5.57 Å². The number of alkyl halides is 1. The van der Waals surface area contributed by atoms with Crippen LogP contribution in [0.1, 0.15) is 24.1 Å². The van der Waals surface area contributed by atoms with Gasteiger partial charge in [0.2, 0.25) is 5.67 Å². The van der Waals surface area contributed by atoms with Crippen LogP contribution in [-0.4, -0.2) is 10.9 Å². The van der Waals surface area contributed by atoms with E-state index in [1.165, 1.54) is 12.1 Å². The van der Waals surface area contributed by atoms with Gasteiger partial charge in [-0.1, -0.05) is 35.8 Å². The molecule has 0 bridgehead atoms. The number of hydrogen-bond acceptors (Lipinski definition) is 2. The molecule has 0 saturated heterocycles. The molecule has 1 heterocycles. The lowest BCUT2D eigenvalue weighted by molar-refractivity contribution is -0.128. The van der Waals surface area contributed by atoms with Crippen LogP contribution < -0.4 is 5.32 Å². The first kappa shape index (κ1) is 16.0. The molecule has 1 atom stereocenters. The number of carbonyl (C=O) groups excluding carboxylic acids is 1. The molecule has 1 amide bonds. The Bertz CT molecular complexity index is 809. The van der Waals surface area contributed by atoms with E-state index in [4.69, 9.17) is 23.2 Å².